The number of nitrogen functional groups attached to an aromatic ring is 1. The van der Waals surface area contributed by atoms with E-state index in [0.717, 1.165) is 32.4 Å². The van der Waals surface area contributed by atoms with Crippen molar-refractivity contribution in [1.29, 1.82) is 0 Å². The van der Waals surface area contributed by atoms with Gasteiger partial charge in [0.15, 0.2) is 15.7 Å². The molecule has 1 fully saturated rings. The summed E-state index contributed by atoms with van der Waals surface area (Å²) in [4.78, 5) is 2.33. The summed E-state index contributed by atoms with van der Waals surface area (Å²) in [6.45, 7) is 6.24. The largest absolute Gasteiger partial charge is 0.382 e. The molecule has 108 valence electrons. The van der Waals surface area contributed by atoms with Crippen molar-refractivity contribution in [3.05, 3.63) is 0 Å². The molecule has 1 saturated heterocycles. The van der Waals surface area contributed by atoms with Crippen molar-refractivity contribution in [3.63, 3.8) is 0 Å². The molecule has 0 spiro atoms. The Kier molecular flexibility index (Phi) is 3.79. The summed E-state index contributed by atoms with van der Waals surface area (Å²) < 4.78 is 27.7. The van der Waals surface area contributed by atoms with E-state index in [1.54, 1.807) is 0 Å². The lowest BCUT2D eigenvalue weighted by Gasteiger charge is -2.24. The third-order valence-electron chi connectivity index (χ3n) is 3.66. The Balaban J connectivity index is 2.33. The van der Waals surface area contributed by atoms with Crippen LogP contribution in [0, 0.1) is 5.41 Å². The minimum absolute atomic E-state index is 0.131. The molecule has 0 aliphatic carbocycles. The van der Waals surface area contributed by atoms with Gasteiger partial charge in [0, 0.05) is 19.3 Å². The van der Waals surface area contributed by atoms with Gasteiger partial charge in [-0.3, -0.25) is 0 Å². The van der Waals surface area contributed by atoms with Gasteiger partial charge in [-0.25, -0.2) is 8.42 Å². The number of nitrogens with zero attached hydrogens (tertiary/aromatic N) is 2. The SMILES string of the molecule is CC1(C)CCCN(c2snc(N)c2S(C)(=O)=O)CC1. The maximum Gasteiger partial charge on any atom is 0.182 e. The molecule has 0 bridgehead atoms. The number of nitrogens with two attached hydrogens (primary N) is 1. The molecule has 0 atom stereocenters. The van der Waals surface area contributed by atoms with Gasteiger partial charge in [-0.05, 0) is 36.2 Å². The minimum Gasteiger partial charge on any atom is -0.382 e. The van der Waals surface area contributed by atoms with E-state index in [-0.39, 0.29) is 10.7 Å². The monoisotopic (exact) mass is 303 g/mol. The van der Waals surface area contributed by atoms with E-state index in [4.69, 9.17) is 5.73 Å². The maximum atomic E-state index is 11.9. The molecule has 1 aliphatic rings. The molecule has 2 heterocycles. The van der Waals surface area contributed by atoms with Gasteiger partial charge in [-0.15, -0.1) is 0 Å². The van der Waals surface area contributed by atoms with Crippen LogP contribution in [0.15, 0.2) is 4.90 Å². The lowest BCUT2D eigenvalue weighted by molar-refractivity contribution is 0.325. The van der Waals surface area contributed by atoms with Gasteiger partial charge in [0.1, 0.15) is 9.90 Å². The minimum atomic E-state index is -3.33. The van der Waals surface area contributed by atoms with Crippen LogP contribution in [-0.2, 0) is 9.84 Å². The molecule has 2 N–H and O–H groups in total. The molecule has 19 heavy (non-hydrogen) atoms. The van der Waals surface area contributed by atoms with Gasteiger partial charge >= 0.3 is 0 Å². The number of aromatic nitrogens is 1. The maximum absolute atomic E-state index is 11.9. The quantitative estimate of drug-likeness (QED) is 0.906. The number of hydrogen-bond acceptors (Lipinski definition) is 6. The highest BCUT2D eigenvalue weighted by Crippen LogP contribution is 2.38. The van der Waals surface area contributed by atoms with Gasteiger partial charge in [0.05, 0.1) is 0 Å². The van der Waals surface area contributed by atoms with Gasteiger partial charge in [-0.2, -0.15) is 4.37 Å². The zero-order valence-corrected chi connectivity index (χ0v) is 13.3. The van der Waals surface area contributed by atoms with Crippen molar-refractivity contribution in [1.82, 2.24) is 4.37 Å². The van der Waals surface area contributed by atoms with E-state index in [1.165, 1.54) is 17.8 Å². The molecule has 2 rings (SSSR count). The van der Waals surface area contributed by atoms with Crippen LogP contribution in [0.5, 0.6) is 0 Å². The predicted molar refractivity (Wildman–Crippen MR) is 79.5 cm³/mol. The zero-order valence-electron chi connectivity index (χ0n) is 11.6. The molecular formula is C12H21N3O2S2. The molecule has 0 aromatic carbocycles. The van der Waals surface area contributed by atoms with Crippen LogP contribution in [0.25, 0.3) is 0 Å². The summed E-state index contributed by atoms with van der Waals surface area (Å²) in [6, 6.07) is 0. The molecule has 0 amide bonds. The number of anilines is 2. The molecule has 0 radical (unpaired) electrons. The summed E-state index contributed by atoms with van der Waals surface area (Å²) in [7, 11) is -3.33. The van der Waals surface area contributed by atoms with Gasteiger partial charge in [0.25, 0.3) is 0 Å². The van der Waals surface area contributed by atoms with E-state index in [9.17, 15) is 8.42 Å². The second kappa shape index (κ2) is 4.94. The fourth-order valence-corrected chi connectivity index (χ4v) is 4.72. The van der Waals surface area contributed by atoms with Crippen LogP contribution in [0.4, 0.5) is 10.8 Å². The first kappa shape index (κ1) is 14.6. The second-order valence-electron chi connectivity index (χ2n) is 5.98. The van der Waals surface area contributed by atoms with Crippen LogP contribution in [0.2, 0.25) is 0 Å². The standard InChI is InChI=1S/C12H21N3O2S2/c1-12(2)5-4-7-15(8-6-12)11-9(19(3,16)17)10(13)14-18-11/h4-8H2,1-3H3,(H2,13,14). The molecule has 1 aromatic rings. The summed E-state index contributed by atoms with van der Waals surface area (Å²) in [6.07, 6.45) is 4.46. The highest BCUT2D eigenvalue weighted by atomic mass is 32.2. The topological polar surface area (TPSA) is 76.3 Å². The molecule has 0 unspecified atom stereocenters. The molecular weight excluding hydrogens is 282 g/mol. The lowest BCUT2D eigenvalue weighted by atomic mass is 9.85. The molecule has 0 saturated carbocycles. The van der Waals surface area contributed by atoms with E-state index in [2.05, 4.69) is 23.1 Å². The summed E-state index contributed by atoms with van der Waals surface area (Å²) in [5.74, 6) is 0.131. The van der Waals surface area contributed by atoms with Crippen LogP contribution in [-0.4, -0.2) is 32.1 Å². The lowest BCUT2D eigenvalue weighted by Crippen LogP contribution is -2.25. The molecule has 1 aromatic heterocycles. The molecule has 7 heteroatoms. The van der Waals surface area contributed by atoms with Crippen LogP contribution in [0.3, 0.4) is 0 Å². The van der Waals surface area contributed by atoms with E-state index in [0.29, 0.717) is 10.4 Å². The average Bonchev–Trinajstić information content (AvgIpc) is 2.55. The van der Waals surface area contributed by atoms with Gasteiger partial charge in [0.2, 0.25) is 0 Å². The molecule has 1 aliphatic heterocycles. The third kappa shape index (κ3) is 3.20. The Hall–Kier alpha value is -0.820. The zero-order chi connectivity index (χ0) is 14.3. The van der Waals surface area contributed by atoms with Crippen molar-refractivity contribution in [2.45, 2.75) is 38.0 Å². The Morgan fingerprint density at radius 2 is 2.00 bits per heavy atom. The van der Waals surface area contributed by atoms with Crippen molar-refractivity contribution >= 4 is 32.2 Å². The predicted octanol–water partition coefficient (Wildman–Crippen LogP) is 2.15. The van der Waals surface area contributed by atoms with Crippen molar-refractivity contribution < 1.29 is 8.42 Å². The van der Waals surface area contributed by atoms with Crippen molar-refractivity contribution in [2.24, 2.45) is 5.41 Å². The average molecular weight is 303 g/mol. The number of sulfone groups is 1. The van der Waals surface area contributed by atoms with Gasteiger partial charge in [-0.1, -0.05) is 13.8 Å². The first-order valence-electron chi connectivity index (χ1n) is 6.41. The fraction of sp³-hybridized carbons (Fsp3) is 0.750. The highest BCUT2D eigenvalue weighted by Gasteiger charge is 2.29. The van der Waals surface area contributed by atoms with Gasteiger partial charge < -0.3 is 10.6 Å². The number of hydrogen-bond donors (Lipinski definition) is 1. The van der Waals surface area contributed by atoms with Crippen LogP contribution < -0.4 is 10.6 Å². The Morgan fingerprint density at radius 1 is 1.32 bits per heavy atom. The smallest absolute Gasteiger partial charge is 0.182 e. The second-order valence-corrected chi connectivity index (χ2v) is 8.68. The van der Waals surface area contributed by atoms with Crippen molar-refractivity contribution in [2.75, 3.05) is 30.0 Å². The Bertz CT molecular complexity index is 564. The van der Waals surface area contributed by atoms with Crippen LogP contribution >= 0.6 is 11.5 Å². The number of rotatable bonds is 2. The normalized spacial score (nSPS) is 20.3. The van der Waals surface area contributed by atoms with Crippen molar-refractivity contribution in [3.8, 4) is 0 Å². The highest BCUT2D eigenvalue weighted by molar-refractivity contribution is 7.91. The fourth-order valence-electron chi connectivity index (χ4n) is 2.46. The Labute approximate surface area is 118 Å². The van der Waals surface area contributed by atoms with E-state index in [1.807, 2.05) is 0 Å². The van der Waals surface area contributed by atoms with E-state index < -0.39 is 9.84 Å². The first-order chi connectivity index (χ1) is 8.71. The first-order valence-corrected chi connectivity index (χ1v) is 9.07. The summed E-state index contributed by atoms with van der Waals surface area (Å²) in [5, 5.41) is 0.706. The van der Waals surface area contributed by atoms with E-state index >= 15 is 0 Å². The Morgan fingerprint density at radius 3 is 2.63 bits per heavy atom. The third-order valence-corrected chi connectivity index (χ3v) is 5.85. The summed E-state index contributed by atoms with van der Waals surface area (Å²) >= 11 is 1.19. The summed E-state index contributed by atoms with van der Waals surface area (Å²) in [5.41, 5.74) is 6.04. The van der Waals surface area contributed by atoms with Crippen LogP contribution in [0.1, 0.15) is 33.1 Å². The molecule has 5 nitrogen and oxygen atoms in total.